The molecule has 0 amide bonds. The molecule has 3 nitrogen and oxygen atoms in total. The standard InChI is InChI=1S/C16H25N3/c1-18-7-3-4-13-5-6-14(9-16(13)18)15-8-12(10-17)11-19(15)2/h5-6,9,12,15H,3-4,7-8,10-11,17H2,1-2H3. The van der Waals surface area contributed by atoms with E-state index in [1.54, 1.807) is 0 Å². The van der Waals surface area contributed by atoms with Crippen LogP contribution in [0.25, 0.3) is 0 Å². The number of hydrogen-bond acceptors (Lipinski definition) is 3. The first-order chi connectivity index (χ1) is 9.19. The maximum absolute atomic E-state index is 5.83. The molecule has 2 unspecified atom stereocenters. The zero-order valence-corrected chi connectivity index (χ0v) is 12.1. The Morgan fingerprint density at radius 1 is 1.32 bits per heavy atom. The summed E-state index contributed by atoms with van der Waals surface area (Å²) in [6.07, 6.45) is 3.71. The lowest BCUT2D eigenvalue weighted by molar-refractivity contribution is 0.313. The van der Waals surface area contributed by atoms with E-state index in [0.717, 1.165) is 13.1 Å². The molecule has 1 aromatic rings. The third-order valence-electron chi connectivity index (χ3n) is 4.81. The van der Waals surface area contributed by atoms with Crippen LogP contribution in [-0.4, -0.2) is 38.6 Å². The lowest BCUT2D eigenvalue weighted by Crippen LogP contribution is -2.25. The molecular weight excluding hydrogens is 234 g/mol. The highest BCUT2D eigenvalue weighted by Gasteiger charge is 2.30. The number of fused-ring (bicyclic) bond motifs is 1. The van der Waals surface area contributed by atoms with Crippen LogP contribution in [0.3, 0.4) is 0 Å². The molecule has 2 aliphatic heterocycles. The third-order valence-corrected chi connectivity index (χ3v) is 4.81. The molecule has 19 heavy (non-hydrogen) atoms. The summed E-state index contributed by atoms with van der Waals surface area (Å²) in [6.45, 7) is 3.13. The largest absolute Gasteiger partial charge is 0.374 e. The van der Waals surface area contributed by atoms with Crippen LogP contribution in [0.15, 0.2) is 18.2 Å². The monoisotopic (exact) mass is 259 g/mol. The first kappa shape index (κ1) is 12.9. The number of nitrogens with zero attached hydrogens (tertiary/aromatic N) is 2. The second-order valence-corrected chi connectivity index (χ2v) is 6.21. The van der Waals surface area contributed by atoms with Crippen LogP contribution in [0.1, 0.15) is 30.0 Å². The second kappa shape index (κ2) is 5.14. The number of benzene rings is 1. The Hall–Kier alpha value is -1.06. The highest BCUT2D eigenvalue weighted by atomic mass is 15.2. The third kappa shape index (κ3) is 2.37. The summed E-state index contributed by atoms with van der Waals surface area (Å²) in [5.41, 5.74) is 10.2. The highest BCUT2D eigenvalue weighted by Crippen LogP contribution is 2.37. The molecule has 104 valence electrons. The second-order valence-electron chi connectivity index (χ2n) is 6.21. The number of rotatable bonds is 2. The van der Waals surface area contributed by atoms with Crippen LogP contribution < -0.4 is 10.6 Å². The molecule has 2 N–H and O–H groups in total. The van der Waals surface area contributed by atoms with Crippen molar-refractivity contribution in [3.63, 3.8) is 0 Å². The summed E-state index contributed by atoms with van der Waals surface area (Å²) >= 11 is 0. The fourth-order valence-corrected chi connectivity index (χ4v) is 3.65. The molecule has 0 aliphatic carbocycles. The summed E-state index contributed by atoms with van der Waals surface area (Å²) in [6, 6.07) is 7.63. The molecular formula is C16H25N3. The van der Waals surface area contributed by atoms with Gasteiger partial charge in [-0.05, 0) is 56.0 Å². The van der Waals surface area contributed by atoms with E-state index in [0.29, 0.717) is 12.0 Å². The van der Waals surface area contributed by atoms with Crippen LogP contribution in [0.2, 0.25) is 0 Å². The SMILES string of the molecule is CN1CCCc2ccc(C3CC(CN)CN3C)cc21. The van der Waals surface area contributed by atoms with Gasteiger partial charge in [0.2, 0.25) is 0 Å². The smallest absolute Gasteiger partial charge is 0.0399 e. The number of aryl methyl sites for hydroxylation is 1. The number of anilines is 1. The average molecular weight is 259 g/mol. The van der Waals surface area contributed by atoms with E-state index < -0.39 is 0 Å². The van der Waals surface area contributed by atoms with Crippen molar-refractivity contribution in [1.82, 2.24) is 4.90 Å². The van der Waals surface area contributed by atoms with Crippen molar-refractivity contribution in [3.8, 4) is 0 Å². The number of hydrogen-bond donors (Lipinski definition) is 1. The maximum atomic E-state index is 5.83. The van der Waals surface area contributed by atoms with Gasteiger partial charge in [0.05, 0.1) is 0 Å². The van der Waals surface area contributed by atoms with Crippen molar-refractivity contribution < 1.29 is 0 Å². The van der Waals surface area contributed by atoms with E-state index >= 15 is 0 Å². The van der Waals surface area contributed by atoms with Crippen molar-refractivity contribution in [2.24, 2.45) is 11.7 Å². The van der Waals surface area contributed by atoms with Crippen LogP contribution in [-0.2, 0) is 6.42 Å². The molecule has 0 aromatic heterocycles. The molecule has 0 bridgehead atoms. The van der Waals surface area contributed by atoms with Gasteiger partial charge >= 0.3 is 0 Å². The Morgan fingerprint density at radius 2 is 2.16 bits per heavy atom. The molecule has 0 radical (unpaired) electrons. The van der Waals surface area contributed by atoms with Gasteiger partial charge in [0.15, 0.2) is 0 Å². The van der Waals surface area contributed by atoms with E-state index in [-0.39, 0.29) is 0 Å². The van der Waals surface area contributed by atoms with Crippen LogP contribution in [0, 0.1) is 5.92 Å². The lowest BCUT2D eigenvalue weighted by Gasteiger charge is -2.29. The van der Waals surface area contributed by atoms with Crippen molar-refractivity contribution in [2.45, 2.75) is 25.3 Å². The zero-order chi connectivity index (χ0) is 13.4. The van der Waals surface area contributed by atoms with Gasteiger partial charge in [-0.25, -0.2) is 0 Å². The van der Waals surface area contributed by atoms with Gasteiger partial charge in [-0.15, -0.1) is 0 Å². The van der Waals surface area contributed by atoms with Crippen LogP contribution in [0.4, 0.5) is 5.69 Å². The van der Waals surface area contributed by atoms with Crippen LogP contribution >= 0.6 is 0 Å². The quantitative estimate of drug-likeness (QED) is 0.882. The molecule has 1 aromatic carbocycles. The summed E-state index contributed by atoms with van der Waals surface area (Å²) in [5.74, 6) is 0.656. The van der Waals surface area contributed by atoms with E-state index in [1.807, 2.05) is 0 Å². The van der Waals surface area contributed by atoms with E-state index in [2.05, 4.69) is 42.1 Å². The molecule has 1 saturated heterocycles. The minimum absolute atomic E-state index is 0.550. The van der Waals surface area contributed by atoms with Crippen molar-refractivity contribution in [3.05, 3.63) is 29.3 Å². The Bertz CT molecular complexity index is 457. The van der Waals surface area contributed by atoms with Gasteiger partial charge in [0.25, 0.3) is 0 Å². The predicted molar refractivity (Wildman–Crippen MR) is 80.6 cm³/mol. The summed E-state index contributed by atoms with van der Waals surface area (Å²) < 4.78 is 0. The summed E-state index contributed by atoms with van der Waals surface area (Å²) in [7, 11) is 4.44. The van der Waals surface area contributed by atoms with E-state index in [9.17, 15) is 0 Å². The Morgan fingerprint density at radius 3 is 2.89 bits per heavy atom. The molecule has 0 spiro atoms. The zero-order valence-electron chi connectivity index (χ0n) is 12.1. The molecule has 1 fully saturated rings. The minimum atomic E-state index is 0.550. The van der Waals surface area contributed by atoms with E-state index in [1.165, 1.54) is 42.6 Å². The summed E-state index contributed by atoms with van der Waals surface area (Å²) in [5, 5.41) is 0. The van der Waals surface area contributed by atoms with Crippen molar-refractivity contribution in [2.75, 3.05) is 38.6 Å². The Kier molecular flexibility index (Phi) is 3.50. The van der Waals surface area contributed by atoms with Gasteiger partial charge < -0.3 is 10.6 Å². The highest BCUT2D eigenvalue weighted by molar-refractivity contribution is 5.57. The fourth-order valence-electron chi connectivity index (χ4n) is 3.65. The molecule has 3 rings (SSSR count). The molecule has 2 aliphatic rings. The number of nitrogens with two attached hydrogens (primary N) is 1. The first-order valence-electron chi connectivity index (χ1n) is 7.43. The van der Waals surface area contributed by atoms with E-state index in [4.69, 9.17) is 5.73 Å². The molecule has 2 atom stereocenters. The van der Waals surface area contributed by atoms with Crippen molar-refractivity contribution in [1.29, 1.82) is 0 Å². The molecule has 2 heterocycles. The topological polar surface area (TPSA) is 32.5 Å². The molecule has 3 heteroatoms. The van der Waals surface area contributed by atoms with Gasteiger partial charge in [-0.2, -0.15) is 0 Å². The molecule has 0 saturated carbocycles. The lowest BCUT2D eigenvalue weighted by atomic mass is 9.95. The minimum Gasteiger partial charge on any atom is -0.374 e. The van der Waals surface area contributed by atoms with Gasteiger partial charge in [-0.1, -0.05) is 12.1 Å². The fraction of sp³-hybridized carbons (Fsp3) is 0.625. The predicted octanol–water partition coefficient (Wildman–Crippen LogP) is 2.02. The summed E-state index contributed by atoms with van der Waals surface area (Å²) in [4.78, 5) is 4.86. The van der Waals surface area contributed by atoms with Crippen molar-refractivity contribution >= 4 is 5.69 Å². The van der Waals surface area contributed by atoms with Gasteiger partial charge in [-0.3, -0.25) is 4.90 Å². The van der Waals surface area contributed by atoms with Gasteiger partial charge in [0, 0.05) is 31.9 Å². The van der Waals surface area contributed by atoms with Gasteiger partial charge in [0.1, 0.15) is 0 Å². The maximum Gasteiger partial charge on any atom is 0.0399 e. The average Bonchev–Trinajstić information content (AvgIpc) is 2.80. The Labute approximate surface area is 116 Å². The first-order valence-corrected chi connectivity index (χ1v) is 7.43. The normalized spacial score (nSPS) is 27.6. The number of likely N-dealkylation sites (tertiary alicyclic amines) is 1. The Balaban J connectivity index is 1.88. The van der Waals surface area contributed by atoms with Crippen LogP contribution in [0.5, 0.6) is 0 Å².